The number of nitrogens with two attached hydrogens (primary N) is 1. The highest BCUT2D eigenvalue weighted by Gasteiger charge is 2.23. The molecule has 0 spiro atoms. The molecule has 6 nitrogen and oxygen atoms in total. The van der Waals surface area contributed by atoms with Gasteiger partial charge >= 0.3 is 5.69 Å². The Kier molecular flexibility index (Phi) is 3.75. The standard InChI is InChI=1S/C9H11FN2O4/c1-16-9-6(7(11)4-13)2-5(10)3-8(9)12(14)15/h2-3,7,13H,4,11H2,1H3/t7-/m1/s1. The summed E-state index contributed by atoms with van der Waals surface area (Å²) in [5, 5.41) is 19.5. The Morgan fingerprint density at radius 1 is 1.69 bits per heavy atom. The number of rotatable bonds is 4. The average molecular weight is 230 g/mol. The third kappa shape index (κ3) is 2.26. The predicted octanol–water partition coefficient (Wildman–Crippen LogP) is 0.735. The summed E-state index contributed by atoms with van der Waals surface area (Å²) >= 11 is 0. The van der Waals surface area contributed by atoms with E-state index in [4.69, 9.17) is 15.6 Å². The second-order valence-corrected chi connectivity index (χ2v) is 3.09. The van der Waals surface area contributed by atoms with Crippen molar-refractivity contribution < 1.29 is 19.2 Å². The van der Waals surface area contributed by atoms with E-state index < -0.39 is 29.1 Å². The number of methoxy groups -OCH3 is 1. The first-order valence-corrected chi connectivity index (χ1v) is 4.39. The lowest BCUT2D eigenvalue weighted by Gasteiger charge is -2.13. The lowest BCUT2D eigenvalue weighted by molar-refractivity contribution is -0.386. The minimum absolute atomic E-state index is 0.0664. The third-order valence-electron chi connectivity index (χ3n) is 2.06. The van der Waals surface area contributed by atoms with E-state index in [0.29, 0.717) is 0 Å². The molecule has 0 aliphatic heterocycles. The first-order valence-electron chi connectivity index (χ1n) is 4.39. The third-order valence-corrected chi connectivity index (χ3v) is 2.06. The number of benzene rings is 1. The molecule has 0 bridgehead atoms. The fraction of sp³-hybridized carbons (Fsp3) is 0.333. The maximum Gasteiger partial charge on any atom is 0.314 e. The van der Waals surface area contributed by atoms with E-state index >= 15 is 0 Å². The van der Waals surface area contributed by atoms with Crippen LogP contribution >= 0.6 is 0 Å². The van der Waals surface area contributed by atoms with Crippen molar-refractivity contribution in [3.05, 3.63) is 33.6 Å². The van der Waals surface area contributed by atoms with Gasteiger partial charge in [-0.2, -0.15) is 0 Å². The Balaban J connectivity index is 3.41. The molecule has 0 saturated heterocycles. The normalized spacial score (nSPS) is 12.2. The van der Waals surface area contributed by atoms with E-state index in [9.17, 15) is 14.5 Å². The van der Waals surface area contributed by atoms with E-state index in [0.717, 1.165) is 12.1 Å². The summed E-state index contributed by atoms with van der Waals surface area (Å²) in [4.78, 5) is 9.88. The number of nitro groups is 1. The van der Waals surface area contributed by atoms with Gasteiger partial charge in [0.1, 0.15) is 5.82 Å². The van der Waals surface area contributed by atoms with Crippen molar-refractivity contribution in [3.63, 3.8) is 0 Å². The molecule has 0 radical (unpaired) electrons. The van der Waals surface area contributed by atoms with Gasteiger partial charge in [-0.3, -0.25) is 10.1 Å². The molecule has 0 aliphatic rings. The molecule has 0 saturated carbocycles. The van der Waals surface area contributed by atoms with Crippen LogP contribution in [-0.2, 0) is 0 Å². The summed E-state index contributed by atoms with van der Waals surface area (Å²) in [5.41, 5.74) is 5.04. The molecule has 7 heteroatoms. The molecule has 16 heavy (non-hydrogen) atoms. The molecular weight excluding hydrogens is 219 g/mol. The van der Waals surface area contributed by atoms with Gasteiger partial charge in [0.25, 0.3) is 0 Å². The van der Waals surface area contributed by atoms with E-state index in [2.05, 4.69) is 0 Å². The minimum atomic E-state index is -0.927. The van der Waals surface area contributed by atoms with E-state index in [1.54, 1.807) is 0 Å². The van der Waals surface area contributed by atoms with Crippen molar-refractivity contribution in [2.75, 3.05) is 13.7 Å². The Bertz CT molecular complexity index is 411. The number of hydrogen-bond acceptors (Lipinski definition) is 5. The van der Waals surface area contributed by atoms with Crippen LogP contribution in [0.4, 0.5) is 10.1 Å². The van der Waals surface area contributed by atoms with Crippen molar-refractivity contribution in [3.8, 4) is 5.75 Å². The molecule has 1 aromatic carbocycles. The molecule has 0 heterocycles. The molecular formula is C9H11FN2O4. The molecule has 88 valence electrons. The number of nitrogens with zero attached hydrogens (tertiary/aromatic N) is 1. The molecule has 0 fully saturated rings. The number of hydrogen-bond donors (Lipinski definition) is 2. The zero-order valence-corrected chi connectivity index (χ0v) is 8.51. The second-order valence-electron chi connectivity index (χ2n) is 3.09. The quantitative estimate of drug-likeness (QED) is 0.587. The molecule has 3 N–H and O–H groups in total. The van der Waals surface area contributed by atoms with Crippen LogP contribution in [0.1, 0.15) is 11.6 Å². The summed E-state index contributed by atoms with van der Waals surface area (Å²) in [6.45, 7) is -0.461. The van der Waals surface area contributed by atoms with Gasteiger partial charge in [-0.1, -0.05) is 0 Å². The zero-order chi connectivity index (χ0) is 12.3. The Morgan fingerprint density at radius 3 is 2.75 bits per heavy atom. The molecule has 0 aliphatic carbocycles. The minimum Gasteiger partial charge on any atom is -0.490 e. The summed E-state index contributed by atoms with van der Waals surface area (Å²) < 4.78 is 17.9. The van der Waals surface area contributed by atoms with Crippen molar-refractivity contribution >= 4 is 5.69 Å². The summed E-state index contributed by atoms with van der Waals surface area (Å²) in [5.74, 6) is -0.931. The lowest BCUT2D eigenvalue weighted by Crippen LogP contribution is -2.16. The monoisotopic (exact) mass is 230 g/mol. The summed E-state index contributed by atoms with van der Waals surface area (Å²) in [6, 6.07) is 0.823. The van der Waals surface area contributed by atoms with Gasteiger partial charge in [0.05, 0.1) is 30.7 Å². The van der Waals surface area contributed by atoms with Gasteiger partial charge < -0.3 is 15.6 Å². The maximum atomic E-state index is 13.1. The Hall–Kier alpha value is -1.73. The highest BCUT2D eigenvalue weighted by molar-refractivity contribution is 5.53. The summed E-state index contributed by atoms with van der Waals surface area (Å²) in [7, 11) is 1.22. The summed E-state index contributed by atoms with van der Waals surface area (Å²) in [6.07, 6.45) is 0. The first kappa shape index (κ1) is 12.3. The fourth-order valence-corrected chi connectivity index (χ4v) is 1.33. The SMILES string of the molecule is COc1c([C@H](N)CO)cc(F)cc1[N+](=O)[O-]. The van der Waals surface area contributed by atoms with Gasteiger partial charge in [0.2, 0.25) is 5.75 Å². The Labute approximate surface area is 90.6 Å². The molecule has 1 atom stereocenters. The van der Waals surface area contributed by atoms with Gasteiger partial charge in [0.15, 0.2) is 0 Å². The highest BCUT2D eigenvalue weighted by Crippen LogP contribution is 2.34. The van der Waals surface area contributed by atoms with Crippen LogP contribution in [0.15, 0.2) is 12.1 Å². The van der Waals surface area contributed by atoms with Crippen LogP contribution in [0, 0.1) is 15.9 Å². The van der Waals surface area contributed by atoms with Gasteiger partial charge in [-0.25, -0.2) is 4.39 Å². The van der Waals surface area contributed by atoms with Gasteiger partial charge in [0, 0.05) is 5.56 Å². The Morgan fingerprint density at radius 2 is 2.31 bits per heavy atom. The van der Waals surface area contributed by atoms with Gasteiger partial charge in [-0.05, 0) is 6.07 Å². The van der Waals surface area contributed by atoms with Crippen LogP contribution in [-0.4, -0.2) is 23.7 Å². The smallest absolute Gasteiger partial charge is 0.314 e. The first-order chi connectivity index (χ1) is 7.51. The van der Waals surface area contributed by atoms with Crippen molar-refractivity contribution in [1.82, 2.24) is 0 Å². The zero-order valence-electron chi connectivity index (χ0n) is 8.51. The highest BCUT2D eigenvalue weighted by atomic mass is 19.1. The number of ether oxygens (including phenoxy) is 1. The number of aliphatic hydroxyl groups excluding tert-OH is 1. The topological polar surface area (TPSA) is 98.6 Å². The van der Waals surface area contributed by atoms with Crippen LogP contribution in [0.3, 0.4) is 0 Å². The average Bonchev–Trinajstić information content (AvgIpc) is 2.26. The van der Waals surface area contributed by atoms with Crippen LogP contribution in [0.25, 0.3) is 0 Å². The van der Waals surface area contributed by atoms with Crippen molar-refractivity contribution in [2.24, 2.45) is 5.73 Å². The van der Waals surface area contributed by atoms with E-state index in [1.807, 2.05) is 0 Å². The van der Waals surface area contributed by atoms with Gasteiger partial charge in [-0.15, -0.1) is 0 Å². The largest absolute Gasteiger partial charge is 0.490 e. The predicted molar refractivity (Wildman–Crippen MR) is 53.6 cm³/mol. The second kappa shape index (κ2) is 4.86. The van der Waals surface area contributed by atoms with E-state index in [1.165, 1.54) is 7.11 Å². The lowest BCUT2D eigenvalue weighted by atomic mass is 10.1. The number of nitro benzene ring substituents is 1. The molecule has 1 rings (SSSR count). The fourth-order valence-electron chi connectivity index (χ4n) is 1.33. The number of aliphatic hydroxyl groups is 1. The van der Waals surface area contributed by atoms with Crippen LogP contribution in [0.5, 0.6) is 5.75 Å². The molecule has 1 aromatic rings. The van der Waals surface area contributed by atoms with E-state index in [-0.39, 0.29) is 11.3 Å². The number of halogens is 1. The maximum absolute atomic E-state index is 13.1. The van der Waals surface area contributed by atoms with Crippen LogP contribution < -0.4 is 10.5 Å². The molecule has 0 amide bonds. The van der Waals surface area contributed by atoms with Crippen LogP contribution in [0.2, 0.25) is 0 Å². The molecule has 0 unspecified atom stereocenters. The molecule has 0 aromatic heterocycles. The van der Waals surface area contributed by atoms with Crippen molar-refractivity contribution in [1.29, 1.82) is 0 Å². The van der Waals surface area contributed by atoms with Crippen molar-refractivity contribution in [2.45, 2.75) is 6.04 Å².